The zero-order chi connectivity index (χ0) is 26.5. The van der Waals surface area contributed by atoms with Gasteiger partial charge >= 0.3 is 0 Å². The van der Waals surface area contributed by atoms with Crippen molar-refractivity contribution in [1.82, 2.24) is 10.3 Å². The van der Waals surface area contributed by atoms with Gasteiger partial charge in [0.1, 0.15) is 17.5 Å². The number of hydrogen-bond donors (Lipinski definition) is 3. The summed E-state index contributed by atoms with van der Waals surface area (Å²) in [6.45, 7) is 7.08. The van der Waals surface area contributed by atoms with Crippen LogP contribution in [0.15, 0.2) is 66.9 Å². The molecule has 0 amide bonds. The number of nitrogens with one attached hydrogen (secondary N) is 2. The van der Waals surface area contributed by atoms with Gasteiger partial charge in [-0.1, -0.05) is 51.1 Å². The Kier molecular flexibility index (Phi) is 8.60. The molecule has 1 unspecified atom stereocenters. The highest BCUT2D eigenvalue weighted by molar-refractivity contribution is 5.37. The molecule has 37 heavy (non-hydrogen) atoms. The third-order valence-corrected chi connectivity index (χ3v) is 7.50. The molecular weight excluding hydrogens is 468 g/mol. The largest absolute Gasteiger partial charge is 0.392 e. The van der Waals surface area contributed by atoms with Gasteiger partial charge in [0.2, 0.25) is 0 Å². The number of rotatable bonds is 9. The van der Waals surface area contributed by atoms with E-state index in [1.807, 2.05) is 18.2 Å². The van der Waals surface area contributed by atoms with E-state index >= 15 is 0 Å². The summed E-state index contributed by atoms with van der Waals surface area (Å²) in [6.07, 6.45) is 5.81. The van der Waals surface area contributed by atoms with Crippen LogP contribution in [0.2, 0.25) is 0 Å². The Morgan fingerprint density at radius 1 is 1.00 bits per heavy atom. The summed E-state index contributed by atoms with van der Waals surface area (Å²) in [4.78, 5) is 4.42. The lowest BCUT2D eigenvalue weighted by Crippen LogP contribution is -2.49. The summed E-state index contributed by atoms with van der Waals surface area (Å²) in [5, 5.41) is 18.1. The predicted molar refractivity (Wildman–Crippen MR) is 146 cm³/mol. The highest BCUT2D eigenvalue weighted by atomic mass is 19.1. The Labute approximate surface area is 219 Å². The first kappa shape index (κ1) is 27.2. The number of halogens is 2. The molecule has 1 aromatic heterocycles. The van der Waals surface area contributed by atoms with Crippen LogP contribution in [0.5, 0.6) is 0 Å². The van der Waals surface area contributed by atoms with Crippen molar-refractivity contribution in [2.45, 2.75) is 82.4 Å². The molecule has 2 aromatic carbocycles. The van der Waals surface area contributed by atoms with Gasteiger partial charge in [-0.05, 0) is 84.9 Å². The highest BCUT2D eigenvalue weighted by Gasteiger charge is 2.37. The van der Waals surface area contributed by atoms with Gasteiger partial charge in [0, 0.05) is 30.4 Å². The van der Waals surface area contributed by atoms with Gasteiger partial charge in [0.25, 0.3) is 0 Å². The number of aromatic nitrogens is 1. The minimum Gasteiger partial charge on any atom is -0.392 e. The first-order chi connectivity index (χ1) is 17.6. The molecule has 6 heteroatoms. The fraction of sp³-hybridized carbons (Fsp3) is 0.452. The summed E-state index contributed by atoms with van der Waals surface area (Å²) in [6, 6.07) is 18.6. The molecule has 0 saturated heterocycles. The van der Waals surface area contributed by atoms with Gasteiger partial charge in [0.05, 0.1) is 6.10 Å². The lowest BCUT2D eigenvalue weighted by molar-refractivity contribution is 0.130. The summed E-state index contributed by atoms with van der Waals surface area (Å²) >= 11 is 0. The third kappa shape index (κ3) is 7.36. The SMILES string of the molecule is CC(C)(C)c1cccc(C2(NCC(O)CCc3cc(F)cc(F)c3)CCC(Nc3ccccn3)CC2)c1. The monoisotopic (exact) mass is 507 g/mol. The van der Waals surface area contributed by atoms with E-state index in [4.69, 9.17) is 0 Å². The van der Waals surface area contributed by atoms with Gasteiger partial charge in [-0.2, -0.15) is 0 Å². The second kappa shape index (κ2) is 11.7. The average Bonchev–Trinajstić information content (AvgIpc) is 2.87. The van der Waals surface area contributed by atoms with E-state index in [1.54, 1.807) is 6.20 Å². The van der Waals surface area contributed by atoms with Gasteiger partial charge in [0.15, 0.2) is 0 Å². The number of aryl methyl sites for hydroxylation is 1. The van der Waals surface area contributed by atoms with Crippen molar-refractivity contribution in [3.8, 4) is 0 Å². The molecule has 1 aliphatic carbocycles. The van der Waals surface area contributed by atoms with Crippen LogP contribution in [0.1, 0.15) is 69.6 Å². The highest BCUT2D eigenvalue weighted by Crippen LogP contribution is 2.39. The molecule has 4 rings (SSSR count). The van der Waals surface area contributed by atoms with Crippen LogP contribution in [-0.4, -0.2) is 28.8 Å². The van der Waals surface area contributed by atoms with E-state index in [2.05, 4.69) is 60.7 Å². The summed E-state index contributed by atoms with van der Waals surface area (Å²) in [7, 11) is 0. The predicted octanol–water partition coefficient (Wildman–Crippen LogP) is 6.49. The number of anilines is 1. The van der Waals surface area contributed by atoms with Crippen molar-refractivity contribution < 1.29 is 13.9 Å². The Hall–Kier alpha value is -2.83. The zero-order valence-corrected chi connectivity index (χ0v) is 22.1. The first-order valence-electron chi connectivity index (χ1n) is 13.3. The Balaban J connectivity index is 1.46. The fourth-order valence-electron chi connectivity index (χ4n) is 5.27. The fourth-order valence-corrected chi connectivity index (χ4v) is 5.27. The molecule has 4 nitrogen and oxygen atoms in total. The van der Waals surface area contributed by atoms with E-state index < -0.39 is 17.7 Å². The minimum atomic E-state index is -0.627. The Morgan fingerprint density at radius 2 is 1.73 bits per heavy atom. The summed E-state index contributed by atoms with van der Waals surface area (Å²) in [5.41, 5.74) is 2.87. The second-order valence-corrected chi connectivity index (χ2v) is 11.4. The van der Waals surface area contributed by atoms with Gasteiger partial charge in [-0.3, -0.25) is 0 Å². The van der Waals surface area contributed by atoms with Crippen molar-refractivity contribution in [2.75, 3.05) is 11.9 Å². The topological polar surface area (TPSA) is 57.2 Å². The van der Waals surface area contributed by atoms with Crippen LogP contribution in [0.3, 0.4) is 0 Å². The quantitative estimate of drug-likeness (QED) is 0.310. The van der Waals surface area contributed by atoms with Gasteiger partial charge in [-0.25, -0.2) is 13.8 Å². The molecule has 1 aliphatic rings. The van der Waals surface area contributed by atoms with Crippen LogP contribution >= 0.6 is 0 Å². The third-order valence-electron chi connectivity index (χ3n) is 7.50. The molecule has 0 aliphatic heterocycles. The smallest absolute Gasteiger partial charge is 0.126 e. The van der Waals surface area contributed by atoms with Crippen LogP contribution in [0.4, 0.5) is 14.6 Å². The van der Waals surface area contributed by atoms with Crippen LogP contribution in [0.25, 0.3) is 0 Å². The normalized spacial score (nSPS) is 21.0. The van der Waals surface area contributed by atoms with E-state index in [0.717, 1.165) is 37.6 Å². The van der Waals surface area contributed by atoms with Crippen LogP contribution in [-0.2, 0) is 17.4 Å². The molecule has 0 radical (unpaired) electrons. The number of nitrogens with zero attached hydrogens (tertiary/aromatic N) is 1. The van der Waals surface area contributed by atoms with E-state index in [-0.39, 0.29) is 11.0 Å². The van der Waals surface area contributed by atoms with Crippen molar-refractivity contribution in [2.24, 2.45) is 0 Å². The number of benzene rings is 2. The lowest BCUT2D eigenvalue weighted by atomic mass is 9.73. The molecule has 1 saturated carbocycles. The number of aliphatic hydroxyl groups excluding tert-OH is 1. The van der Waals surface area contributed by atoms with Gasteiger partial charge < -0.3 is 15.7 Å². The zero-order valence-electron chi connectivity index (χ0n) is 22.1. The minimum absolute atomic E-state index is 0.0364. The lowest BCUT2D eigenvalue weighted by Gasteiger charge is -2.43. The summed E-state index contributed by atoms with van der Waals surface area (Å²) < 4.78 is 27.1. The average molecular weight is 508 g/mol. The molecule has 1 heterocycles. The van der Waals surface area contributed by atoms with Crippen molar-refractivity contribution in [3.05, 3.63) is 95.2 Å². The van der Waals surface area contributed by atoms with Crippen LogP contribution in [0, 0.1) is 11.6 Å². The number of aliphatic hydroxyl groups is 1. The maximum Gasteiger partial charge on any atom is 0.126 e. The molecule has 1 fully saturated rings. The molecule has 1 atom stereocenters. The maximum atomic E-state index is 13.5. The molecule has 3 aromatic rings. The Bertz CT molecular complexity index is 1130. The molecule has 198 valence electrons. The van der Waals surface area contributed by atoms with Crippen molar-refractivity contribution in [3.63, 3.8) is 0 Å². The molecule has 0 spiro atoms. The van der Waals surface area contributed by atoms with E-state index in [0.29, 0.717) is 31.0 Å². The number of pyridine rings is 1. The first-order valence-corrected chi connectivity index (χ1v) is 13.3. The van der Waals surface area contributed by atoms with Crippen molar-refractivity contribution in [1.29, 1.82) is 0 Å². The number of hydrogen-bond acceptors (Lipinski definition) is 4. The molecular formula is C31H39F2N3O. The second-order valence-electron chi connectivity index (χ2n) is 11.4. The summed E-state index contributed by atoms with van der Waals surface area (Å²) in [5.74, 6) is -0.278. The van der Waals surface area contributed by atoms with Crippen LogP contribution < -0.4 is 10.6 Å². The molecule has 3 N–H and O–H groups in total. The van der Waals surface area contributed by atoms with Crippen molar-refractivity contribution >= 4 is 5.82 Å². The van der Waals surface area contributed by atoms with E-state index in [1.165, 1.54) is 23.3 Å². The standard InChI is InChI=1S/C31H39F2N3O/c1-30(2,3)23-7-6-8-24(19-23)31(14-12-27(13-15-31)36-29-9-4-5-16-34-29)35-21-28(37)11-10-22-17-25(32)20-26(33)18-22/h4-9,16-20,27-28,35,37H,10-15,21H2,1-3H3,(H,34,36). The Morgan fingerprint density at radius 3 is 2.38 bits per heavy atom. The molecule has 0 bridgehead atoms. The van der Waals surface area contributed by atoms with E-state index in [9.17, 15) is 13.9 Å². The maximum absolute atomic E-state index is 13.5. The van der Waals surface area contributed by atoms with Gasteiger partial charge in [-0.15, -0.1) is 0 Å².